The minimum absolute atomic E-state index is 0.139. The number of rotatable bonds is 8. The normalized spacial score (nSPS) is 13.0. The Bertz CT molecular complexity index is 1280. The summed E-state index contributed by atoms with van der Waals surface area (Å²) in [7, 11) is -0.0914. The number of methoxy groups -OCH3 is 1. The van der Waals surface area contributed by atoms with Gasteiger partial charge in [0, 0.05) is 37.7 Å². The third-order valence-corrected chi connectivity index (χ3v) is 5.99. The molecule has 3 aromatic rings. The van der Waals surface area contributed by atoms with Crippen molar-refractivity contribution >= 4 is 32.5 Å². The molecule has 0 aliphatic carbocycles. The van der Waals surface area contributed by atoms with Crippen LogP contribution in [-0.2, 0) is 23.8 Å². The van der Waals surface area contributed by atoms with Gasteiger partial charge < -0.3 is 14.4 Å². The molecule has 1 unspecified atom stereocenters. The van der Waals surface area contributed by atoms with Gasteiger partial charge in [0.05, 0.1) is 11.9 Å². The molecule has 0 amide bonds. The number of anilines is 1. The van der Waals surface area contributed by atoms with Gasteiger partial charge in [0.2, 0.25) is 6.10 Å². The molecule has 0 fully saturated rings. The fourth-order valence-electron chi connectivity index (χ4n) is 3.21. The molecule has 1 atom stereocenters. The van der Waals surface area contributed by atoms with Gasteiger partial charge in [-0.05, 0) is 24.3 Å². The van der Waals surface area contributed by atoms with Crippen LogP contribution in [0.2, 0.25) is 0 Å². The highest BCUT2D eigenvalue weighted by molar-refractivity contribution is 7.87. The van der Waals surface area contributed by atoms with Crippen LogP contribution in [0.25, 0.3) is 10.8 Å². The highest BCUT2D eigenvalue weighted by Gasteiger charge is 2.46. The lowest BCUT2D eigenvalue weighted by atomic mass is 10.1. The lowest BCUT2D eigenvalue weighted by molar-refractivity contribution is -0.197. The Balaban J connectivity index is 1.97. The Morgan fingerprint density at radius 1 is 1.06 bits per heavy atom. The number of hydrogen-bond donors (Lipinski definition) is 0. The van der Waals surface area contributed by atoms with Crippen molar-refractivity contribution in [1.29, 1.82) is 0 Å². The first-order valence-corrected chi connectivity index (χ1v) is 11.2. The SMILES string of the molecule is COCC(=O)Oc1ccc(C(OS(=O)(=O)c2cccc3c(N(C)C)cccc23)C(F)(F)F)nc1. The van der Waals surface area contributed by atoms with Gasteiger partial charge in [-0.2, -0.15) is 21.6 Å². The summed E-state index contributed by atoms with van der Waals surface area (Å²) in [6.45, 7) is -0.366. The van der Waals surface area contributed by atoms with Gasteiger partial charge in [-0.1, -0.05) is 24.3 Å². The molecular weight excluding hydrogens is 477 g/mol. The summed E-state index contributed by atoms with van der Waals surface area (Å²) in [6, 6.07) is 11.0. The highest BCUT2D eigenvalue weighted by Crippen LogP contribution is 2.39. The Hall–Kier alpha value is -3.22. The summed E-state index contributed by atoms with van der Waals surface area (Å²) < 4.78 is 81.6. The second-order valence-corrected chi connectivity index (χ2v) is 8.86. The zero-order valence-electron chi connectivity index (χ0n) is 18.4. The molecule has 3 rings (SSSR count). The first-order valence-electron chi connectivity index (χ1n) is 9.78. The number of halogens is 3. The minimum Gasteiger partial charge on any atom is -0.423 e. The zero-order valence-corrected chi connectivity index (χ0v) is 19.2. The molecule has 0 aliphatic heterocycles. The molecule has 182 valence electrons. The van der Waals surface area contributed by atoms with Crippen LogP contribution >= 0.6 is 0 Å². The number of fused-ring (bicyclic) bond motifs is 1. The van der Waals surface area contributed by atoms with Crippen LogP contribution in [-0.4, -0.2) is 53.4 Å². The number of pyridine rings is 1. The maximum atomic E-state index is 13.8. The first kappa shape index (κ1) is 25.4. The summed E-state index contributed by atoms with van der Waals surface area (Å²) in [5.41, 5.74) is -0.0426. The van der Waals surface area contributed by atoms with E-state index in [1.807, 2.05) is 0 Å². The predicted octanol–water partition coefficient (Wildman–Crippen LogP) is 3.86. The topological polar surface area (TPSA) is 95.0 Å². The van der Waals surface area contributed by atoms with E-state index in [9.17, 15) is 26.4 Å². The average Bonchev–Trinajstić information content (AvgIpc) is 2.76. The van der Waals surface area contributed by atoms with E-state index >= 15 is 0 Å². The maximum absolute atomic E-state index is 13.8. The smallest absolute Gasteiger partial charge is 0.421 e. The number of benzene rings is 2. The lowest BCUT2D eigenvalue weighted by Gasteiger charge is -2.21. The second-order valence-electron chi connectivity index (χ2n) is 7.32. The lowest BCUT2D eigenvalue weighted by Crippen LogP contribution is -2.27. The number of aromatic nitrogens is 1. The van der Waals surface area contributed by atoms with Crippen LogP contribution in [0, 0.1) is 0 Å². The Labute approximate surface area is 194 Å². The Morgan fingerprint density at radius 3 is 2.32 bits per heavy atom. The average molecular weight is 498 g/mol. The van der Waals surface area contributed by atoms with Crippen molar-refractivity contribution in [3.63, 3.8) is 0 Å². The van der Waals surface area contributed by atoms with Crippen LogP contribution in [0.1, 0.15) is 11.8 Å². The summed E-state index contributed by atoms with van der Waals surface area (Å²) in [6.07, 6.45) is -7.12. The van der Waals surface area contributed by atoms with E-state index in [2.05, 4.69) is 13.9 Å². The highest BCUT2D eigenvalue weighted by atomic mass is 32.2. The van der Waals surface area contributed by atoms with Gasteiger partial charge in [0.15, 0.2) is 0 Å². The van der Waals surface area contributed by atoms with Gasteiger partial charge in [0.25, 0.3) is 10.1 Å². The van der Waals surface area contributed by atoms with Gasteiger partial charge in [0.1, 0.15) is 17.3 Å². The summed E-state index contributed by atoms with van der Waals surface area (Å²) in [5, 5.41) is 0.740. The summed E-state index contributed by atoms with van der Waals surface area (Å²) in [4.78, 5) is 16.4. The molecule has 0 N–H and O–H groups in total. The van der Waals surface area contributed by atoms with E-state index in [0.717, 1.165) is 18.3 Å². The number of hydrogen-bond acceptors (Lipinski definition) is 8. The maximum Gasteiger partial charge on any atom is 0.421 e. The van der Waals surface area contributed by atoms with E-state index in [-0.39, 0.29) is 17.7 Å². The zero-order chi connectivity index (χ0) is 25.1. The largest absolute Gasteiger partial charge is 0.423 e. The van der Waals surface area contributed by atoms with Crippen LogP contribution < -0.4 is 9.64 Å². The molecule has 0 aliphatic rings. The number of esters is 1. The molecule has 12 heteroatoms. The van der Waals surface area contributed by atoms with Crippen molar-refractivity contribution in [3.8, 4) is 5.75 Å². The summed E-state index contributed by atoms with van der Waals surface area (Å²) in [5.74, 6) is -0.920. The molecular formula is C22H21F3N2O6S. The molecule has 2 aromatic carbocycles. The first-order chi connectivity index (χ1) is 15.9. The van der Waals surface area contributed by atoms with Crippen LogP contribution in [0.4, 0.5) is 18.9 Å². The monoisotopic (exact) mass is 498 g/mol. The van der Waals surface area contributed by atoms with Crippen molar-refractivity contribution in [3.05, 3.63) is 60.4 Å². The van der Waals surface area contributed by atoms with Crippen molar-refractivity contribution in [2.45, 2.75) is 17.2 Å². The number of nitrogens with zero attached hydrogens (tertiary/aromatic N) is 2. The van der Waals surface area contributed by atoms with Gasteiger partial charge in [-0.3, -0.25) is 4.98 Å². The van der Waals surface area contributed by atoms with Crippen molar-refractivity contribution in [2.75, 3.05) is 32.7 Å². The fraction of sp³-hybridized carbons (Fsp3) is 0.273. The van der Waals surface area contributed by atoms with E-state index < -0.39 is 39.0 Å². The van der Waals surface area contributed by atoms with Crippen molar-refractivity contribution < 1.29 is 40.0 Å². The fourth-order valence-corrected chi connectivity index (χ4v) is 4.47. The van der Waals surface area contributed by atoms with E-state index in [4.69, 9.17) is 4.74 Å². The second kappa shape index (κ2) is 9.95. The molecule has 0 spiro atoms. The van der Waals surface area contributed by atoms with Crippen LogP contribution in [0.5, 0.6) is 5.75 Å². The van der Waals surface area contributed by atoms with Crippen molar-refractivity contribution in [1.82, 2.24) is 4.98 Å². The Kier molecular flexibility index (Phi) is 7.44. The molecule has 0 bridgehead atoms. The number of carbonyl (C=O) groups is 1. The van der Waals surface area contributed by atoms with Gasteiger partial charge >= 0.3 is 12.1 Å². The molecule has 1 aromatic heterocycles. The summed E-state index contributed by atoms with van der Waals surface area (Å²) >= 11 is 0. The standard InChI is InChI=1S/C22H21F3N2O6S/c1-27(2)18-8-4-7-16-15(18)6-5-9-19(16)34(29,30)33-21(22(23,24)25)17-11-10-14(12-26-17)32-20(28)13-31-3/h4-12,21H,13H2,1-3H3. The molecule has 8 nitrogen and oxygen atoms in total. The molecule has 34 heavy (non-hydrogen) atoms. The van der Waals surface area contributed by atoms with E-state index in [1.54, 1.807) is 37.2 Å². The quantitative estimate of drug-likeness (QED) is 0.341. The molecule has 0 saturated carbocycles. The molecule has 1 heterocycles. The number of ether oxygens (including phenoxy) is 2. The van der Waals surface area contributed by atoms with Gasteiger partial charge in [-0.25, -0.2) is 8.98 Å². The van der Waals surface area contributed by atoms with Gasteiger partial charge in [-0.15, -0.1) is 0 Å². The predicted molar refractivity (Wildman–Crippen MR) is 117 cm³/mol. The third kappa shape index (κ3) is 5.64. The minimum atomic E-state index is -5.10. The third-order valence-electron chi connectivity index (χ3n) is 4.65. The van der Waals surface area contributed by atoms with E-state index in [1.165, 1.54) is 25.3 Å². The molecule has 0 radical (unpaired) electrons. The van der Waals surface area contributed by atoms with Crippen LogP contribution in [0.15, 0.2) is 59.6 Å². The Morgan fingerprint density at radius 2 is 1.74 bits per heavy atom. The number of carbonyl (C=O) groups excluding carboxylic acids is 1. The van der Waals surface area contributed by atoms with Crippen molar-refractivity contribution in [2.24, 2.45) is 0 Å². The molecule has 0 saturated heterocycles. The van der Waals surface area contributed by atoms with E-state index in [0.29, 0.717) is 11.1 Å². The van der Waals surface area contributed by atoms with Crippen LogP contribution in [0.3, 0.4) is 0 Å². The number of alkyl halides is 3.